The molecule has 0 radical (unpaired) electrons. The first-order chi connectivity index (χ1) is 7.91. The summed E-state index contributed by atoms with van der Waals surface area (Å²) in [7, 11) is 0. The lowest BCUT2D eigenvalue weighted by Crippen LogP contribution is -2.02. The third-order valence-electron chi connectivity index (χ3n) is 3.07. The highest BCUT2D eigenvalue weighted by Crippen LogP contribution is 2.32. The Balaban J connectivity index is 2.90. The summed E-state index contributed by atoms with van der Waals surface area (Å²) in [6, 6.07) is 4.09. The molecule has 3 nitrogen and oxygen atoms in total. The van der Waals surface area contributed by atoms with E-state index in [2.05, 4.69) is 11.1 Å². The fraction of sp³-hybridized carbons (Fsp3) is 0.357. The van der Waals surface area contributed by atoms with E-state index in [1.54, 1.807) is 0 Å². The SMILES string of the molecule is Cc1cc(C)c2c(C(C)C)c(C(=O)O)[nH]c2c1. The van der Waals surface area contributed by atoms with E-state index < -0.39 is 5.97 Å². The Hall–Kier alpha value is -1.77. The number of nitrogens with one attached hydrogen (secondary N) is 1. The Morgan fingerprint density at radius 3 is 2.47 bits per heavy atom. The molecule has 2 N–H and O–H groups in total. The minimum atomic E-state index is -0.887. The molecule has 0 saturated heterocycles. The summed E-state index contributed by atoms with van der Waals surface area (Å²) in [4.78, 5) is 14.3. The number of aromatic carboxylic acids is 1. The molecule has 1 aromatic carbocycles. The summed E-state index contributed by atoms with van der Waals surface area (Å²) in [5.41, 5.74) is 4.42. The highest BCUT2D eigenvalue weighted by Gasteiger charge is 2.20. The van der Waals surface area contributed by atoms with Gasteiger partial charge < -0.3 is 10.1 Å². The van der Waals surface area contributed by atoms with Crippen LogP contribution in [0.5, 0.6) is 0 Å². The third-order valence-corrected chi connectivity index (χ3v) is 3.07. The Labute approximate surface area is 100 Å². The van der Waals surface area contributed by atoms with Crippen LogP contribution in [0.3, 0.4) is 0 Å². The summed E-state index contributed by atoms with van der Waals surface area (Å²) < 4.78 is 0. The van der Waals surface area contributed by atoms with Crippen LogP contribution in [0, 0.1) is 13.8 Å². The van der Waals surface area contributed by atoms with E-state index in [1.807, 2.05) is 33.8 Å². The average molecular weight is 231 g/mol. The van der Waals surface area contributed by atoms with Gasteiger partial charge in [0.2, 0.25) is 0 Å². The molecular formula is C14H17NO2. The lowest BCUT2D eigenvalue weighted by molar-refractivity contribution is 0.0690. The van der Waals surface area contributed by atoms with Crippen LogP contribution in [-0.2, 0) is 0 Å². The van der Waals surface area contributed by atoms with Gasteiger partial charge in [-0.25, -0.2) is 4.79 Å². The van der Waals surface area contributed by atoms with Crippen molar-refractivity contribution in [3.05, 3.63) is 34.5 Å². The van der Waals surface area contributed by atoms with Crippen LogP contribution in [0.4, 0.5) is 0 Å². The zero-order chi connectivity index (χ0) is 12.7. The van der Waals surface area contributed by atoms with Crippen LogP contribution < -0.4 is 0 Å². The average Bonchev–Trinajstić information content (AvgIpc) is 2.56. The number of fused-ring (bicyclic) bond motifs is 1. The number of carboxylic acid groups (broad SMARTS) is 1. The molecule has 0 saturated carbocycles. The van der Waals surface area contributed by atoms with Gasteiger partial charge in [-0.2, -0.15) is 0 Å². The standard InChI is InChI=1S/C14H17NO2/c1-7(2)11-12-9(4)5-8(3)6-10(12)15-13(11)14(16)17/h5-7,15H,1-4H3,(H,16,17). The molecule has 0 aliphatic rings. The molecule has 1 heterocycles. The lowest BCUT2D eigenvalue weighted by atomic mass is 9.96. The van der Waals surface area contributed by atoms with Gasteiger partial charge in [-0.15, -0.1) is 0 Å². The summed E-state index contributed by atoms with van der Waals surface area (Å²) >= 11 is 0. The van der Waals surface area contributed by atoms with E-state index in [0.29, 0.717) is 5.69 Å². The van der Waals surface area contributed by atoms with Crippen molar-refractivity contribution in [2.45, 2.75) is 33.6 Å². The molecule has 2 rings (SSSR count). The molecule has 0 fully saturated rings. The number of hydrogen-bond acceptors (Lipinski definition) is 1. The van der Waals surface area contributed by atoms with Gasteiger partial charge in [0, 0.05) is 10.9 Å². The summed E-state index contributed by atoms with van der Waals surface area (Å²) in [5, 5.41) is 10.3. The topological polar surface area (TPSA) is 53.1 Å². The van der Waals surface area contributed by atoms with E-state index >= 15 is 0 Å². The molecule has 0 atom stereocenters. The number of benzene rings is 1. The maximum absolute atomic E-state index is 11.3. The predicted octanol–water partition coefficient (Wildman–Crippen LogP) is 3.61. The maximum atomic E-state index is 11.3. The monoisotopic (exact) mass is 231 g/mol. The number of aryl methyl sites for hydroxylation is 2. The number of rotatable bonds is 2. The predicted molar refractivity (Wildman–Crippen MR) is 68.8 cm³/mol. The minimum Gasteiger partial charge on any atom is -0.477 e. The summed E-state index contributed by atoms with van der Waals surface area (Å²) in [6.07, 6.45) is 0. The zero-order valence-electron chi connectivity index (χ0n) is 10.6. The molecule has 0 unspecified atom stereocenters. The molecule has 90 valence electrons. The smallest absolute Gasteiger partial charge is 0.352 e. The van der Waals surface area contributed by atoms with Gasteiger partial charge in [0.05, 0.1) is 0 Å². The first-order valence-corrected chi connectivity index (χ1v) is 5.78. The Kier molecular flexibility index (Phi) is 2.69. The molecule has 17 heavy (non-hydrogen) atoms. The van der Waals surface area contributed by atoms with Crippen molar-refractivity contribution in [3.63, 3.8) is 0 Å². The van der Waals surface area contributed by atoms with E-state index in [-0.39, 0.29) is 5.92 Å². The second-order valence-corrected chi connectivity index (χ2v) is 4.88. The van der Waals surface area contributed by atoms with Crippen LogP contribution in [-0.4, -0.2) is 16.1 Å². The molecule has 0 aliphatic heterocycles. The highest BCUT2D eigenvalue weighted by atomic mass is 16.4. The van der Waals surface area contributed by atoms with Gasteiger partial charge in [-0.05, 0) is 42.5 Å². The van der Waals surface area contributed by atoms with Crippen molar-refractivity contribution in [1.29, 1.82) is 0 Å². The largest absolute Gasteiger partial charge is 0.477 e. The molecule has 0 spiro atoms. The van der Waals surface area contributed by atoms with Gasteiger partial charge in [0.1, 0.15) is 5.69 Å². The fourth-order valence-electron chi connectivity index (χ4n) is 2.50. The van der Waals surface area contributed by atoms with Gasteiger partial charge >= 0.3 is 5.97 Å². The first-order valence-electron chi connectivity index (χ1n) is 5.78. The van der Waals surface area contributed by atoms with E-state index in [9.17, 15) is 9.90 Å². The molecule has 0 aliphatic carbocycles. The van der Waals surface area contributed by atoms with Gasteiger partial charge in [-0.1, -0.05) is 19.9 Å². The van der Waals surface area contributed by atoms with Gasteiger partial charge in [0.25, 0.3) is 0 Å². The highest BCUT2D eigenvalue weighted by molar-refractivity contribution is 5.99. The first kappa shape index (κ1) is 11.7. The number of carboxylic acids is 1. The molecule has 1 aromatic heterocycles. The molecule has 2 aromatic rings. The van der Waals surface area contributed by atoms with Gasteiger partial charge in [0.15, 0.2) is 0 Å². The zero-order valence-corrected chi connectivity index (χ0v) is 10.6. The van der Waals surface area contributed by atoms with E-state index in [4.69, 9.17) is 0 Å². The van der Waals surface area contributed by atoms with Crippen molar-refractivity contribution in [2.24, 2.45) is 0 Å². The third kappa shape index (κ3) is 1.82. The second-order valence-electron chi connectivity index (χ2n) is 4.88. The van der Waals surface area contributed by atoms with Crippen molar-refractivity contribution >= 4 is 16.9 Å². The number of H-pyrrole nitrogens is 1. The Morgan fingerprint density at radius 2 is 1.94 bits per heavy atom. The summed E-state index contributed by atoms with van der Waals surface area (Å²) in [6.45, 7) is 8.09. The number of aromatic nitrogens is 1. The van der Waals surface area contributed by atoms with Crippen LogP contribution in [0.15, 0.2) is 12.1 Å². The number of aromatic amines is 1. The van der Waals surface area contributed by atoms with Crippen LogP contribution in [0.2, 0.25) is 0 Å². The minimum absolute atomic E-state index is 0.191. The molecule has 0 bridgehead atoms. The lowest BCUT2D eigenvalue weighted by Gasteiger charge is -2.07. The van der Waals surface area contributed by atoms with Crippen molar-refractivity contribution in [1.82, 2.24) is 4.98 Å². The van der Waals surface area contributed by atoms with Crippen LogP contribution >= 0.6 is 0 Å². The van der Waals surface area contributed by atoms with Crippen molar-refractivity contribution in [2.75, 3.05) is 0 Å². The maximum Gasteiger partial charge on any atom is 0.352 e. The molecular weight excluding hydrogens is 214 g/mol. The van der Waals surface area contributed by atoms with Crippen molar-refractivity contribution < 1.29 is 9.90 Å². The Morgan fingerprint density at radius 1 is 1.29 bits per heavy atom. The number of carbonyl (C=O) groups is 1. The Bertz CT molecular complexity index is 594. The normalized spacial score (nSPS) is 11.4. The quantitative estimate of drug-likeness (QED) is 0.829. The van der Waals surface area contributed by atoms with Crippen LogP contribution in [0.1, 0.15) is 46.9 Å². The van der Waals surface area contributed by atoms with Crippen LogP contribution in [0.25, 0.3) is 10.9 Å². The van der Waals surface area contributed by atoms with E-state index in [1.165, 1.54) is 0 Å². The van der Waals surface area contributed by atoms with Crippen molar-refractivity contribution in [3.8, 4) is 0 Å². The van der Waals surface area contributed by atoms with Gasteiger partial charge in [-0.3, -0.25) is 0 Å². The second kappa shape index (κ2) is 3.91. The summed E-state index contributed by atoms with van der Waals surface area (Å²) in [5.74, 6) is -0.696. The molecule has 0 amide bonds. The van der Waals surface area contributed by atoms with E-state index in [0.717, 1.165) is 27.6 Å². The molecule has 3 heteroatoms. The number of hydrogen-bond donors (Lipinski definition) is 2. The fourth-order valence-corrected chi connectivity index (χ4v) is 2.50.